The van der Waals surface area contributed by atoms with Gasteiger partial charge in [-0.1, -0.05) is 12.1 Å². The first kappa shape index (κ1) is 21.1. The second kappa shape index (κ2) is 10.2. The van der Waals surface area contributed by atoms with Gasteiger partial charge < -0.3 is 24.4 Å². The van der Waals surface area contributed by atoms with Crippen molar-refractivity contribution in [2.24, 2.45) is 0 Å². The molecule has 0 fully saturated rings. The van der Waals surface area contributed by atoms with Crippen LogP contribution in [0.1, 0.15) is 22.8 Å². The van der Waals surface area contributed by atoms with Crippen molar-refractivity contribution in [1.29, 1.82) is 0 Å². The van der Waals surface area contributed by atoms with Crippen molar-refractivity contribution in [3.8, 4) is 11.5 Å². The average Bonchev–Trinajstić information content (AvgIpc) is 2.71. The Morgan fingerprint density at radius 3 is 2.36 bits per heavy atom. The molecule has 2 aromatic rings. The van der Waals surface area contributed by atoms with Crippen LogP contribution in [0.15, 0.2) is 42.5 Å². The van der Waals surface area contributed by atoms with Crippen molar-refractivity contribution in [3.63, 3.8) is 0 Å². The van der Waals surface area contributed by atoms with E-state index < -0.39 is 5.97 Å². The summed E-state index contributed by atoms with van der Waals surface area (Å²) in [7, 11) is 5.42. The standard InChI is InChI=1S/C21H26N2O5/c1-5-27-18-11-8-16(12-19(18)26-4)21(25)28-14-20(24)22-13-15-6-9-17(10-7-15)23(2)3/h6-12H,5,13-14H2,1-4H3,(H,22,24). The number of methoxy groups -OCH3 is 1. The molecule has 0 bridgehead atoms. The Hall–Kier alpha value is -3.22. The largest absolute Gasteiger partial charge is 0.493 e. The molecule has 1 N–H and O–H groups in total. The zero-order valence-electron chi connectivity index (χ0n) is 16.7. The van der Waals surface area contributed by atoms with Gasteiger partial charge in [-0.05, 0) is 42.8 Å². The molecule has 0 radical (unpaired) electrons. The lowest BCUT2D eigenvalue weighted by molar-refractivity contribution is -0.124. The van der Waals surface area contributed by atoms with Crippen LogP contribution in [0.2, 0.25) is 0 Å². The van der Waals surface area contributed by atoms with Crippen LogP contribution in [0, 0.1) is 0 Å². The van der Waals surface area contributed by atoms with E-state index in [1.807, 2.05) is 50.2 Å². The fourth-order valence-electron chi connectivity index (χ4n) is 2.45. The van der Waals surface area contributed by atoms with Crippen LogP contribution in [0.3, 0.4) is 0 Å². The van der Waals surface area contributed by atoms with E-state index in [2.05, 4.69) is 5.32 Å². The lowest BCUT2D eigenvalue weighted by Gasteiger charge is -2.13. The normalized spacial score (nSPS) is 10.1. The highest BCUT2D eigenvalue weighted by Gasteiger charge is 2.14. The summed E-state index contributed by atoms with van der Waals surface area (Å²) < 4.78 is 15.7. The first-order chi connectivity index (χ1) is 13.4. The summed E-state index contributed by atoms with van der Waals surface area (Å²) in [4.78, 5) is 26.1. The summed E-state index contributed by atoms with van der Waals surface area (Å²) in [5.74, 6) is -0.00345. The molecule has 0 aliphatic rings. The van der Waals surface area contributed by atoms with E-state index in [4.69, 9.17) is 14.2 Å². The van der Waals surface area contributed by atoms with Crippen molar-refractivity contribution >= 4 is 17.6 Å². The predicted molar refractivity (Wildman–Crippen MR) is 107 cm³/mol. The van der Waals surface area contributed by atoms with Gasteiger partial charge in [0.25, 0.3) is 5.91 Å². The van der Waals surface area contributed by atoms with E-state index in [0.29, 0.717) is 24.7 Å². The Kier molecular flexibility index (Phi) is 7.68. The molecule has 0 saturated heterocycles. The van der Waals surface area contributed by atoms with Gasteiger partial charge in [0.05, 0.1) is 19.3 Å². The van der Waals surface area contributed by atoms with E-state index >= 15 is 0 Å². The van der Waals surface area contributed by atoms with Crippen LogP contribution in [0.5, 0.6) is 11.5 Å². The summed E-state index contributed by atoms with van der Waals surface area (Å²) >= 11 is 0. The number of ether oxygens (including phenoxy) is 3. The number of carbonyl (C=O) groups is 2. The first-order valence-electron chi connectivity index (χ1n) is 8.95. The molecule has 0 unspecified atom stereocenters. The predicted octanol–water partition coefficient (Wildman–Crippen LogP) is 2.63. The maximum atomic E-state index is 12.2. The van der Waals surface area contributed by atoms with Gasteiger partial charge in [0, 0.05) is 26.3 Å². The minimum atomic E-state index is -0.605. The molecule has 0 saturated carbocycles. The van der Waals surface area contributed by atoms with Gasteiger partial charge in [0.2, 0.25) is 0 Å². The molecular weight excluding hydrogens is 360 g/mol. The summed E-state index contributed by atoms with van der Waals surface area (Å²) in [5, 5.41) is 2.73. The summed E-state index contributed by atoms with van der Waals surface area (Å²) in [6, 6.07) is 12.6. The Balaban J connectivity index is 1.84. The third-order valence-electron chi connectivity index (χ3n) is 3.98. The average molecular weight is 386 g/mol. The lowest BCUT2D eigenvalue weighted by Crippen LogP contribution is -2.28. The maximum Gasteiger partial charge on any atom is 0.338 e. The molecule has 2 rings (SSSR count). The molecule has 28 heavy (non-hydrogen) atoms. The fraction of sp³-hybridized carbons (Fsp3) is 0.333. The Morgan fingerprint density at radius 1 is 1.04 bits per heavy atom. The highest BCUT2D eigenvalue weighted by Crippen LogP contribution is 2.28. The second-order valence-electron chi connectivity index (χ2n) is 6.21. The molecule has 0 atom stereocenters. The number of nitrogens with one attached hydrogen (secondary N) is 1. The van der Waals surface area contributed by atoms with Crippen molar-refractivity contribution in [3.05, 3.63) is 53.6 Å². The Morgan fingerprint density at radius 2 is 1.75 bits per heavy atom. The third-order valence-corrected chi connectivity index (χ3v) is 3.98. The molecule has 0 heterocycles. The van der Waals surface area contributed by atoms with Gasteiger partial charge in [0.1, 0.15) is 0 Å². The number of rotatable bonds is 9. The number of carbonyl (C=O) groups excluding carboxylic acids is 2. The molecule has 7 heteroatoms. The number of hydrogen-bond acceptors (Lipinski definition) is 6. The number of amides is 1. The van der Waals surface area contributed by atoms with E-state index in [1.165, 1.54) is 13.2 Å². The van der Waals surface area contributed by atoms with E-state index in [1.54, 1.807) is 12.1 Å². The van der Waals surface area contributed by atoms with Crippen molar-refractivity contribution < 1.29 is 23.8 Å². The molecule has 7 nitrogen and oxygen atoms in total. The number of benzene rings is 2. The highest BCUT2D eigenvalue weighted by molar-refractivity contribution is 5.92. The molecule has 0 aliphatic carbocycles. The molecule has 0 aliphatic heterocycles. The van der Waals surface area contributed by atoms with Crippen molar-refractivity contribution in [1.82, 2.24) is 5.32 Å². The Labute approximate surface area is 165 Å². The van der Waals surface area contributed by atoms with Crippen LogP contribution in [0.25, 0.3) is 0 Å². The van der Waals surface area contributed by atoms with Crippen molar-refractivity contribution in [2.45, 2.75) is 13.5 Å². The number of esters is 1. The van der Waals surface area contributed by atoms with Crippen LogP contribution >= 0.6 is 0 Å². The molecule has 0 spiro atoms. The minimum absolute atomic E-state index is 0.285. The van der Waals surface area contributed by atoms with Crippen molar-refractivity contribution in [2.75, 3.05) is 39.3 Å². The Bertz CT molecular complexity index is 803. The number of hydrogen-bond donors (Lipinski definition) is 1. The highest BCUT2D eigenvalue weighted by atomic mass is 16.5. The first-order valence-corrected chi connectivity index (χ1v) is 8.95. The van der Waals surface area contributed by atoms with Crippen LogP contribution < -0.4 is 19.7 Å². The monoisotopic (exact) mass is 386 g/mol. The lowest BCUT2D eigenvalue weighted by atomic mass is 10.2. The minimum Gasteiger partial charge on any atom is -0.493 e. The number of anilines is 1. The number of nitrogens with zero attached hydrogens (tertiary/aromatic N) is 1. The smallest absolute Gasteiger partial charge is 0.338 e. The third kappa shape index (κ3) is 5.90. The quantitative estimate of drug-likeness (QED) is 0.668. The summed E-state index contributed by atoms with van der Waals surface area (Å²) in [6.07, 6.45) is 0. The zero-order chi connectivity index (χ0) is 20.5. The summed E-state index contributed by atoms with van der Waals surface area (Å²) in [6.45, 7) is 2.35. The SMILES string of the molecule is CCOc1ccc(C(=O)OCC(=O)NCc2ccc(N(C)C)cc2)cc1OC. The van der Waals surface area contributed by atoms with Crippen LogP contribution in [0.4, 0.5) is 5.69 Å². The van der Waals surface area contributed by atoms with E-state index in [0.717, 1.165) is 11.3 Å². The van der Waals surface area contributed by atoms with Crippen LogP contribution in [-0.2, 0) is 16.1 Å². The van der Waals surface area contributed by atoms with Gasteiger partial charge in [0.15, 0.2) is 18.1 Å². The van der Waals surface area contributed by atoms with Gasteiger partial charge in [-0.15, -0.1) is 0 Å². The second-order valence-corrected chi connectivity index (χ2v) is 6.21. The fourth-order valence-corrected chi connectivity index (χ4v) is 2.45. The molecule has 1 amide bonds. The van der Waals surface area contributed by atoms with Gasteiger partial charge in [-0.2, -0.15) is 0 Å². The van der Waals surface area contributed by atoms with Gasteiger partial charge in [-0.25, -0.2) is 4.79 Å². The van der Waals surface area contributed by atoms with E-state index in [-0.39, 0.29) is 18.1 Å². The van der Waals surface area contributed by atoms with E-state index in [9.17, 15) is 9.59 Å². The van der Waals surface area contributed by atoms with Crippen LogP contribution in [-0.4, -0.2) is 46.3 Å². The maximum absolute atomic E-state index is 12.2. The molecule has 150 valence electrons. The summed E-state index contributed by atoms with van der Waals surface area (Å²) in [5.41, 5.74) is 2.32. The molecule has 2 aromatic carbocycles. The van der Waals surface area contributed by atoms with Gasteiger partial charge in [-0.3, -0.25) is 4.79 Å². The van der Waals surface area contributed by atoms with Gasteiger partial charge >= 0.3 is 5.97 Å². The topological polar surface area (TPSA) is 77.1 Å². The molecular formula is C21H26N2O5. The zero-order valence-corrected chi connectivity index (χ0v) is 16.7. The molecule has 0 aromatic heterocycles.